The highest BCUT2D eigenvalue weighted by molar-refractivity contribution is 6.06. The third kappa shape index (κ3) is 5.93. The van der Waals surface area contributed by atoms with Gasteiger partial charge < -0.3 is 14.7 Å². The van der Waals surface area contributed by atoms with Crippen LogP contribution in [0.15, 0.2) is 85.5 Å². The van der Waals surface area contributed by atoms with E-state index in [0.717, 1.165) is 42.2 Å². The predicted octanol–water partition coefficient (Wildman–Crippen LogP) is 5.74. The van der Waals surface area contributed by atoms with Gasteiger partial charge in [-0.25, -0.2) is 0 Å². The van der Waals surface area contributed by atoms with Gasteiger partial charge in [-0.3, -0.25) is 14.6 Å². The Morgan fingerprint density at radius 2 is 1.74 bits per heavy atom. The molecular weight excluding hydrogens is 474 g/mol. The number of benzene rings is 3. The lowest BCUT2D eigenvalue weighted by atomic mass is 9.92. The van der Waals surface area contributed by atoms with Crippen molar-refractivity contribution in [3.8, 4) is 11.5 Å². The molecule has 6 nitrogen and oxygen atoms in total. The molecular formula is C32H39N3O3. The molecule has 1 fully saturated rings. The summed E-state index contributed by atoms with van der Waals surface area (Å²) in [5.74, 6) is 0.943. The van der Waals surface area contributed by atoms with Gasteiger partial charge in [-0.05, 0) is 80.4 Å². The van der Waals surface area contributed by atoms with Crippen molar-refractivity contribution >= 4 is 11.6 Å². The van der Waals surface area contributed by atoms with Gasteiger partial charge in [-0.15, -0.1) is 6.58 Å². The molecule has 6 heteroatoms. The molecule has 0 bridgehead atoms. The van der Waals surface area contributed by atoms with Crippen LogP contribution >= 0.6 is 0 Å². The van der Waals surface area contributed by atoms with E-state index in [1.807, 2.05) is 67.6 Å². The van der Waals surface area contributed by atoms with E-state index < -0.39 is 0 Å². The minimum absolute atomic E-state index is 0.0496. The topological polar surface area (TPSA) is 56.2 Å². The highest BCUT2D eigenvalue weighted by Gasteiger charge is 2.35. The lowest BCUT2D eigenvalue weighted by Gasteiger charge is -2.47. The molecule has 38 heavy (non-hydrogen) atoms. The number of carbonyl (C=O) groups is 1. The van der Waals surface area contributed by atoms with Crippen LogP contribution < -0.4 is 9.64 Å². The Balaban J connectivity index is 1.71. The van der Waals surface area contributed by atoms with Crippen LogP contribution in [0.2, 0.25) is 0 Å². The monoisotopic (exact) mass is 513 g/mol. The number of phenols is 1. The molecule has 0 spiro atoms. The largest absolute Gasteiger partial charge is 0.508 e. The average molecular weight is 514 g/mol. The van der Waals surface area contributed by atoms with Gasteiger partial charge in [0.15, 0.2) is 0 Å². The minimum Gasteiger partial charge on any atom is -0.508 e. The van der Waals surface area contributed by atoms with E-state index >= 15 is 0 Å². The molecule has 1 aliphatic heterocycles. The number of hydrogen-bond donors (Lipinski definition) is 1. The molecule has 3 aromatic carbocycles. The van der Waals surface area contributed by atoms with E-state index in [-0.39, 0.29) is 23.7 Å². The third-order valence-electron chi connectivity index (χ3n) is 7.44. The van der Waals surface area contributed by atoms with E-state index in [1.165, 1.54) is 0 Å². The van der Waals surface area contributed by atoms with Gasteiger partial charge in [0.2, 0.25) is 0 Å². The Labute approximate surface area is 226 Å². The highest BCUT2D eigenvalue weighted by Crippen LogP contribution is 2.35. The summed E-state index contributed by atoms with van der Waals surface area (Å²) >= 11 is 0. The molecule has 1 saturated heterocycles. The van der Waals surface area contributed by atoms with Gasteiger partial charge in [0.05, 0.1) is 13.2 Å². The van der Waals surface area contributed by atoms with Crippen LogP contribution in [0.1, 0.15) is 48.3 Å². The summed E-state index contributed by atoms with van der Waals surface area (Å²) in [6.45, 7) is 13.6. The molecule has 0 saturated carbocycles. The second-order valence-electron chi connectivity index (χ2n) is 10.0. The number of piperazine rings is 1. The molecule has 3 atom stereocenters. The third-order valence-corrected chi connectivity index (χ3v) is 7.44. The van der Waals surface area contributed by atoms with E-state index in [2.05, 4.69) is 42.4 Å². The number of nitrogens with zero attached hydrogens (tertiary/aromatic N) is 3. The van der Waals surface area contributed by atoms with E-state index in [9.17, 15) is 9.90 Å². The van der Waals surface area contributed by atoms with Crippen molar-refractivity contribution in [2.75, 3.05) is 38.2 Å². The molecule has 0 radical (unpaired) electrons. The van der Waals surface area contributed by atoms with Crippen molar-refractivity contribution in [2.45, 2.75) is 38.9 Å². The fourth-order valence-corrected chi connectivity index (χ4v) is 5.48. The van der Waals surface area contributed by atoms with Gasteiger partial charge in [-0.2, -0.15) is 0 Å². The van der Waals surface area contributed by atoms with Gasteiger partial charge in [0.1, 0.15) is 11.5 Å². The Hall–Kier alpha value is -3.61. The smallest absolute Gasteiger partial charge is 0.258 e. The van der Waals surface area contributed by atoms with Crippen molar-refractivity contribution in [1.29, 1.82) is 0 Å². The minimum atomic E-state index is -0.103. The van der Waals surface area contributed by atoms with Crippen LogP contribution in [0.5, 0.6) is 11.5 Å². The van der Waals surface area contributed by atoms with Crippen LogP contribution in [0.25, 0.3) is 0 Å². The van der Waals surface area contributed by atoms with Crippen molar-refractivity contribution in [2.24, 2.45) is 0 Å². The SMILES string of the molecule is C=CCN1C[C@H](C)N(C(c2cccc(O)c2)c2cccc(C(=O)N(CC)c3ccc(OC)cc3)c2)C[C@H]1C. The van der Waals surface area contributed by atoms with E-state index in [1.54, 1.807) is 18.1 Å². The Morgan fingerprint density at radius 3 is 2.37 bits per heavy atom. The molecule has 1 amide bonds. The molecule has 1 aliphatic rings. The summed E-state index contributed by atoms with van der Waals surface area (Å²) in [5, 5.41) is 10.3. The fourth-order valence-electron chi connectivity index (χ4n) is 5.48. The predicted molar refractivity (Wildman–Crippen MR) is 154 cm³/mol. The van der Waals surface area contributed by atoms with Crippen LogP contribution in [0.3, 0.4) is 0 Å². The number of ether oxygens (including phenoxy) is 1. The van der Waals surface area contributed by atoms with Gasteiger partial charge >= 0.3 is 0 Å². The van der Waals surface area contributed by atoms with Gasteiger partial charge in [-0.1, -0.05) is 30.3 Å². The van der Waals surface area contributed by atoms with E-state index in [0.29, 0.717) is 18.2 Å². The number of carbonyl (C=O) groups excluding carboxylic acids is 1. The van der Waals surface area contributed by atoms with Crippen LogP contribution in [0, 0.1) is 0 Å². The zero-order chi connectivity index (χ0) is 27.2. The first-order valence-electron chi connectivity index (χ1n) is 13.3. The van der Waals surface area contributed by atoms with Crippen molar-refractivity contribution < 1.29 is 14.6 Å². The molecule has 200 valence electrons. The lowest BCUT2D eigenvalue weighted by molar-refractivity contribution is 0.0306. The highest BCUT2D eigenvalue weighted by atomic mass is 16.5. The second-order valence-corrected chi connectivity index (χ2v) is 10.0. The summed E-state index contributed by atoms with van der Waals surface area (Å²) < 4.78 is 5.28. The molecule has 0 aromatic heterocycles. The normalized spacial score (nSPS) is 19.1. The van der Waals surface area contributed by atoms with Crippen molar-refractivity contribution in [3.63, 3.8) is 0 Å². The number of rotatable bonds is 9. The molecule has 1 unspecified atom stereocenters. The lowest BCUT2D eigenvalue weighted by Crippen LogP contribution is -2.57. The summed E-state index contributed by atoms with van der Waals surface area (Å²) in [7, 11) is 1.63. The summed E-state index contributed by atoms with van der Waals surface area (Å²) in [6, 6.07) is 23.5. The number of aromatic hydroxyl groups is 1. The fraction of sp³-hybridized carbons (Fsp3) is 0.344. The summed E-state index contributed by atoms with van der Waals surface area (Å²) in [5.41, 5.74) is 3.50. The molecule has 0 aliphatic carbocycles. The first-order valence-corrected chi connectivity index (χ1v) is 13.3. The number of methoxy groups -OCH3 is 1. The zero-order valence-corrected chi connectivity index (χ0v) is 22.9. The maximum atomic E-state index is 13.7. The van der Waals surface area contributed by atoms with Gasteiger partial charge in [0, 0.05) is 49.5 Å². The Morgan fingerprint density at radius 1 is 1.05 bits per heavy atom. The van der Waals surface area contributed by atoms with Gasteiger partial charge in [0.25, 0.3) is 5.91 Å². The zero-order valence-electron chi connectivity index (χ0n) is 22.9. The van der Waals surface area contributed by atoms with Crippen molar-refractivity contribution in [1.82, 2.24) is 9.80 Å². The quantitative estimate of drug-likeness (QED) is 0.370. The van der Waals surface area contributed by atoms with E-state index in [4.69, 9.17) is 4.74 Å². The summed E-state index contributed by atoms with van der Waals surface area (Å²) in [6.07, 6.45) is 1.96. The number of hydrogen-bond acceptors (Lipinski definition) is 5. The molecule has 4 rings (SSSR count). The first-order chi connectivity index (χ1) is 18.4. The van der Waals surface area contributed by atoms with Crippen LogP contribution in [0.4, 0.5) is 5.69 Å². The molecule has 1 N–H and O–H groups in total. The van der Waals surface area contributed by atoms with Crippen molar-refractivity contribution in [3.05, 3.63) is 102 Å². The van der Waals surface area contributed by atoms with Crippen LogP contribution in [-0.2, 0) is 0 Å². The average Bonchev–Trinajstić information content (AvgIpc) is 2.92. The Kier molecular flexibility index (Phi) is 8.87. The molecule has 1 heterocycles. The maximum Gasteiger partial charge on any atom is 0.258 e. The second kappa shape index (κ2) is 12.3. The number of anilines is 1. The summed E-state index contributed by atoms with van der Waals surface area (Å²) in [4.78, 5) is 20.4. The molecule has 3 aromatic rings. The number of phenolic OH excluding ortho intramolecular Hbond substituents is 1. The maximum absolute atomic E-state index is 13.7. The Bertz CT molecular complexity index is 1240. The number of amides is 1. The van der Waals surface area contributed by atoms with Crippen LogP contribution in [-0.4, -0.2) is 66.2 Å². The standard InChI is InChI=1S/C32H39N3O3/c1-6-18-33-21-24(4)35(22-23(33)3)31(26-11-9-13-29(36)20-26)25-10-8-12-27(19-25)32(37)34(7-2)28-14-16-30(38-5)17-15-28/h6,8-17,19-20,23-24,31,36H,1,7,18,21-22H2,2-5H3/t23-,24+,31?/m1/s1. The first kappa shape index (κ1) is 27.4.